The summed E-state index contributed by atoms with van der Waals surface area (Å²) in [6.07, 6.45) is -22.2. The molecule has 4 aliphatic carbocycles. The molecule has 29 heteroatoms. The molecule has 0 aromatic heterocycles. The van der Waals surface area contributed by atoms with Crippen molar-refractivity contribution in [2.75, 3.05) is 26.9 Å². The molecule has 10 N–H and O–H groups in total. The number of fused-ring (bicyclic) bond motifs is 5. The highest BCUT2D eigenvalue weighted by atomic mass is 32.3. The van der Waals surface area contributed by atoms with Crippen LogP contribution < -0.4 is 0 Å². The van der Waals surface area contributed by atoms with E-state index in [9.17, 15) is 67.0 Å². The first-order valence-corrected chi connectivity index (χ1v) is 30.8. The first-order valence-electron chi connectivity index (χ1n) is 28.1. The molecule has 9 rings (SSSR count). The summed E-state index contributed by atoms with van der Waals surface area (Å²) < 4.78 is 133. The summed E-state index contributed by atoms with van der Waals surface area (Å²) in [7, 11) is -9.03. The molecule has 1 spiro atoms. The van der Waals surface area contributed by atoms with Gasteiger partial charge in [-0.1, -0.05) is 51.0 Å². The fraction of sp³-hybridized carbons (Fsp3) is 0.906. The molecule has 8 fully saturated rings. The molecular formula is C53H84O27S2. The number of hydrogen-bond acceptors (Lipinski definition) is 25. The molecule has 3 saturated carbocycles. The summed E-state index contributed by atoms with van der Waals surface area (Å²) in [5, 5.41) is 90.8. The molecule has 2 bridgehead atoms. The summed E-state index contributed by atoms with van der Waals surface area (Å²) in [5.41, 5.74) is -1.04. The second-order valence-corrected chi connectivity index (χ2v) is 27.7. The molecule has 27 nitrogen and oxygen atoms in total. The molecular weight excluding hydrogens is 1130 g/mol. The van der Waals surface area contributed by atoms with Gasteiger partial charge in [0.2, 0.25) is 0 Å². The van der Waals surface area contributed by atoms with Gasteiger partial charge in [-0.15, -0.1) is 0 Å². The molecule has 5 aliphatic heterocycles. The van der Waals surface area contributed by atoms with E-state index in [-0.39, 0.29) is 29.1 Å². The van der Waals surface area contributed by atoms with Gasteiger partial charge in [0.05, 0.1) is 43.0 Å². The van der Waals surface area contributed by atoms with Crippen molar-refractivity contribution in [3.05, 3.63) is 23.3 Å². The first kappa shape index (κ1) is 64.5. The molecule has 0 aromatic carbocycles. The Morgan fingerprint density at radius 3 is 2.06 bits per heavy atom. The highest BCUT2D eigenvalue weighted by molar-refractivity contribution is 7.81. The summed E-state index contributed by atoms with van der Waals surface area (Å²) in [4.78, 5) is 14.2. The van der Waals surface area contributed by atoms with E-state index >= 15 is 0 Å². The van der Waals surface area contributed by atoms with Gasteiger partial charge in [0.15, 0.2) is 25.2 Å². The van der Waals surface area contributed by atoms with Crippen LogP contribution in [-0.2, 0) is 81.3 Å². The lowest BCUT2D eigenvalue weighted by Gasteiger charge is -2.64. The number of methoxy groups -OCH3 is 1. The minimum absolute atomic E-state index is 0.0123. The third-order valence-corrected chi connectivity index (χ3v) is 20.9. The second-order valence-electron chi connectivity index (χ2n) is 25.6. The fourth-order valence-corrected chi connectivity index (χ4v) is 16.8. The van der Waals surface area contributed by atoms with Crippen LogP contribution in [0.25, 0.3) is 0 Å². The van der Waals surface area contributed by atoms with Crippen molar-refractivity contribution in [3.63, 3.8) is 0 Å². The Balaban J connectivity index is 0.866. The van der Waals surface area contributed by atoms with Crippen molar-refractivity contribution in [1.29, 1.82) is 0 Å². The van der Waals surface area contributed by atoms with Crippen LogP contribution >= 0.6 is 0 Å². The average molecular weight is 1220 g/mol. The Bertz CT molecular complexity index is 2600. The second kappa shape index (κ2) is 23.5. The normalized spacial score (nSPS) is 48.2. The Morgan fingerprint density at radius 1 is 0.756 bits per heavy atom. The van der Waals surface area contributed by atoms with E-state index in [0.29, 0.717) is 51.4 Å². The van der Waals surface area contributed by atoms with E-state index in [1.807, 2.05) is 20.8 Å². The molecule has 470 valence electrons. The van der Waals surface area contributed by atoms with Gasteiger partial charge in [-0.05, 0) is 102 Å². The van der Waals surface area contributed by atoms with E-state index < -0.39 is 185 Å². The van der Waals surface area contributed by atoms with Crippen molar-refractivity contribution >= 4 is 26.8 Å². The largest absolute Gasteiger partial charge is 0.461 e. The Hall–Kier alpha value is -1.99. The number of hydrogen-bond donors (Lipinski definition) is 10. The quantitative estimate of drug-likeness (QED) is 0.0486. The van der Waals surface area contributed by atoms with E-state index in [2.05, 4.69) is 44.0 Å². The highest BCUT2D eigenvalue weighted by Gasteiger charge is 2.79. The van der Waals surface area contributed by atoms with E-state index in [4.69, 9.17) is 56.1 Å². The summed E-state index contributed by atoms with van der Waals surface area (Å²) in [6, 6.07) is 0. The highest BCUT2D eigenvalue weighted by Crippen LogP contribution is 2.76. The Labute approximate surface area is 477 Å². The van der Waals surface area contributed by atoms with Gasteiger partial charge in [0, 0.05) is 18.4 Å². The smallest absolute Gasteiger partial charge is 0.397 e. The average Bonchev–Trinajstić information content (AvgIpc) is 2.22. The topological polar surface area (TPSA) is 398 Å². The van der Waals surface area contributed by atoms with Gasteiger partial charge in [0.1, 0.15) is 85.5 Å². The van der Waals surface area contributed by atoms with Crippen LogP contribution in [0.2, 0.25) is 0 Å². The van der Waals surface area contributed by atoms with Crippen molar-refractivity contribution in [1.82, 2.24) is 0 Å². The van der Waals surface area contributed by atoms with Crippen LogP contribution in [0.5, 0.6) is 0 Å². The Morgan fingerprint density at radius 2 is 1.40 bits per heavy atom. The number of carbonyl (C=O) groups is 1. The zero-order valence-corrected chi connectivity index (χ0v) is 49.1. The lowest BCUT2D eigenvalue weighted by molar-refractivity contribution is -0.380. The molecule has 0 radical (unpaired) electrons. The summed E-state index contributed by atoms with van der Waals surface area (Å²) in [5.74, 6) is -0.486. The summed E-state index contributed by atoms with van der Waals surface area (Å²) >= 11 is 0. The van der Waals surface area contributed by atoms with Crippen LogP contribution in [-0.4, -0.2) is 228 Å². The predicted molar refractivity (Wildman–Crippen MR) is 277 cm³/mol. The van der Waals surface area contributed by atoms with Gasteiger partial charge < -0.3 is 88.2 Å². The number of allylic oxidation sites excluding steroid dienone is 4. The van der Waals surface area contributed by atoms with Crippen LogP contribution in [0, 0.1) is 39.4 Å². The lowest BCUT2D eigenvalue weighted by Crippen LogP contribution is -2.65. The third kappa shape index (κ3) is 11.7. The molecule has 5 heterocycles. The Kier molecular flexibility index (Phi) is 18.5. The standard InChI is InChI=1S/C53H84O27S2/c1-23(2)11-10-16-52(8,62)43-27-19-51(7)26-12-13-31-49(4,5)32(15-17-50(31,6)25(26)14-18-53(43,51)48(61)76-27)77-47-42(35(56)30(21-71-47)80-82(66,67)68)79-45-38(59)36(57)40(24(3)73-45)78-44-37(58)33(54)28(20-70-44)74-46-39(60)41(69-9)34(55)29(75-46)22-72-81(63,64)65/h11-12,24-25,27-47,54-60,62H,10,13-22H2,1-9H3,(H,63,64,65)(H,66,67,68)/t24-,25-,27+,28-,29-,30-,31+,32+,33+,34-,35+,36-,37-,38-,39-,40-,41+,42-,43-,44+,45+,46-,47+,50-,51+,52+,53-/m1/s1. The fourth-order valence-electron chi connectivity index (χ4n) is 16.0. The van der Waals surface area contributed by atoms with Gasteiger partial charge in [-0.3, -0.25) is 13.9 Å². The zero-order valence-electron chi connectivity index (χ0n) is 47.4. The maximum atomic E-state index is 14.2. The predicted octanol–water partition coefficient (Wildman–Crippen LogP) is -0.124. The summed E-state index contributed by atoms with van der Waals surface area (Å²) in [6.45, 7) is 13.9. The van der Waals surface area contributed by atoms with Crippen LogP contribution in [0.15, 0.2) is 23.3 Å². The van der Waals surface area contributed by atoms with Crippen LogP contribution in [0.1, 0.15) is 107 Å². The van der Waals surface area contributed by atoms with Gasteiger partial charge >= 0.3 is 26.8 Å². The first-order chi connectivity index (χ1) is 38.1. The minimum atomic E-state index is -5.17. The molecule has 0 amide bonds. The van der Waals surface area contributed by atoms with Gasteiger partial charge in [-0.25, -0.2) is 8.37 Å². The lowest BCUT2D eigenvalue weighted by atomic mass is 9.40. The molecule has 0 aromatic rings. The van der Waals surface area contributed by atoms with Gasteiger partial charge in [-0.2, -0.15) is 16.8 Å². The van der Waals surface area contributed by atoms with Crippen molar-refractivity contribution in [3.8, 4) is 0 Å². The maximum Gasteiger partial charge on any atom is 0.397 e. The molecule has 0 unspecified atom stereocenters. The molecule has 27 atom stereocenters. The van der Waals surface area contributed by atoms with E-state index in [1.165, 1.54) is 12.5 Å². The molecule has 5 saturated heterocycles. The number of carbonyl (C=O) groups excluding carboxylic acids is 1. The van der Waals surface area contributed by atoms with Crippen LogP contribution in [0.4, 0.5) is 0 Å². The molecule has 9 aliphatic rings. The monoisotopic (exact) mass is 1220 g/mol. The number of aliphatic hydroxyl groups excluding tert-OH is 7. The number of rotatable bonds is 18. The van der Waals surface area contributed by atoms with Crippen molar-refractivity contribution in [2.45, 2.75) is 235 Å². The van der Waals surface area contributed by atoms with Gasteiger partial charge in [0.25, 0.3) is 0 Å². The van der Waals surface area contributed by atoms with E-state index in [0.717, 1.165) is 12.7 Å². The maximum absolute atomic E-state index is 14.2. The van der Waals surface area contributed by atoms with E-state index in [1.54, 1.807) is 0 Å². The molecule has 82 heavy (non-hydrogen) atoms. The number of ether oxygens (including phenoxy) is 10. The zero-order chi connectivity index (χ0) is 60.2. The minimum Gasteiger partial charge on any atom is -0.461 e. The third-order valence-electron chi connectivity index (χ3n) is 20.0. The number of esters is 1. The number of aliphatic hydroxyl groups is 8. The van der Waals surface area contributed by atoms with Crippen LogP contribution in [0.3, 0.4) is 0 Å². The SMILES string of the molecule is CO[C@@H]1[C@@H](O)[C@H](O[C@@H]2CO[C@@H](O[C@H]3[C@H](O)[C@@H](O)[C@H](O[C@H]4[C@H](O[C@H]5CC[C@]6(C)[C@@H]7CC[C@@]89C(=O)O[C@@H](C[C@@]8(C)C7=CC[C@H]6C5(C)C)[C@@H]9[C@@](C)(O)CCC=C(C)C)OC[C@@H](OS(=O)(=O)O)[C@@H]4O)O[C@@H]3C)[C@H](O)[C@H]2O)O[C@H](COS(=O)(=O)O)[C@H]1O. The van der Waals surface area contributed by atoms with Crippen molar-refractivity contribution in [2.24, 2.45) is 39.4 Å². The van der Waals surface area contributed by atoms with Crippen molar-refractivity contribution < 1.29 is 127 Å².